The van der Waals surface area contributed by atoms with Crippen LogP contribution in [0.3, 0.4) is 0 Å². The van der Waals surface area contributed by atoms with Crippen LogP contribution in [-0.4, -0.2) is 18.2 Å². The molecule has 0 saturated heterocycles. The van der Waals surface area contributed by atoms with Crippen molar-refractivity contribution in [2.45, 2.75) is 58.8 Å². The van der Waals surface area contributed by atoms with E-state index in [1.165, 1.54) is 19.3 Å². The second kappa shape index (κ2) is 9.69. The summed E-state index contributed by atoms with van der Waals surface area (Å²) < 4.78 is 0. The number of nitrogens with one attached hydrogen (secondary N) is 1. The molecule has 0 bridgehead atoms. The highest BCUT2D eigenvalue weighted by atomic mass is 16.1. The average molecular weight is 213 g/mol. The van der Waals surface area contributed by atoms with Gasteiger partial charge in [0.25, 0.3) is 0 Å². The van der Waals surface area contributed by atoms with Crippen LogP contribution in [0.4, 0.5) is 0 Å². The molecule has 0 aliphatic carbocycles. The molecule has 1 amide bonds. The molecule has 0 unspecified atom stereocenters. The third kappa shape index (κ3) is 13.1. The summed E-state index contributed by atoms with van der Waals surface area (Å²) in [7, 11) is 0. The first kappa shape index (κ1) is 14.1. The van der Waals surface area contributed by atoms with Crippen molar-refractivity contribution in [2.24, 2.45) is 0 Å². The average Bonchev–Trinajstić information content (AvgIpc) is 2.14. The number of hydrogen-bond donors (Lipinski definition) is 1. The van der Waals surface area contributed by atoms with Crippen LogP contribution < -0.4 is 5.32 Å². The predicted octanol–water partition coefficient (Wildman–Crippen LogP) is 2.44. The first-order valence-corrected chi connectivity index (χ1v) is 5.87. The predicted molar refractivity (Wildman–Crippen MR) is 61.7 cm³/mol. The molecule has 3 heteroatoms. The van der Waals surface area contributed by atoms with Crippen LogP contribution in [0.1, 0.15) is 58.8 Å². The van der Waals surface area contributed by atoms with Gasteiger partial charge in [0.2, 0.25) is 5.91 Å². The summed E-state index contributed by atoms with van der Waals surface area (Å²) in [6.07, 6.45) is 7.55. The van der Waals surface area contributed by atoms with Gasteiger partial charge in [-0.15, -0.1) is 0 Å². The Morgan fingerprint density at radius 1 is 0.867 bits per heavy atom. The molecule has 1 N–H and O–H groups in total. The van der Waals surface area contributed by atoms with Crippen LogP contribution in [-0.2, 0) is 9.59 Å². The Balaban J connectivity index is 2.99. The molecule has 88 valence electrons. The Hall–Kier alpha value is -0.860. The molecule has 3 nitrogen and oxygen atoms in total. The van der Waals surface area contributed by atoms with Crippen LogP contribution in [0.15, 0.2) is 0 Å². The molecule has 0 saturated carbocycles. The Labute approximate surface area is 92.6 Å². The van der Waals surface area contributed by atoms with Gasteiger partial charge in [0.1, 0.15) is 5.78 Å². The highest BCUT2D eigenvalue weighted by molar-refractivity contribution is 5.75. The fraction of sp³-hybridized carbons (Fsp3) is 0.833. The van der Waals surface area contributed by atoms with Crippen LogP contribution >= 0.6 is 0 Å². The van der Waals surface area contributed by atoms with Gasteiger partial charge in [-0.05, 0) is 19.8 Å². The van der Waals surface area contributed by atoms with E-state index in [1.807, 2.05) is 0 Å². The zero-order chi connectivity index (χ0) is 11.5. The topological polar surface area (TPSA) is 46.2 Å². The molecule has 0 aliphatic heterocycles. The van der Waals surface area contributed by atoms with Crippen LogP contribution in [0.25, 0.3) is 0 Å². The van der Waals surface area contributed by atoms with E-state index in [0.29, 0.717) is 5.78 Å². The molecule has 0 radical (unpaired) electrons. The number of Topliss-reactive ketones (excluding diaryl/α,β-unsaturated/α-hetero) is 1. The fourth-order valence-electron chi connectivity index (χ4n) is 1.47. The zero-order valence-corrected chi connectivity index (χ0v) is 9.97. The molecular formula is C12H23NO2. The quantitative estimate of drug-likeness (QED) is 0.598. The molecule has 15 heavy (non-hydrogen) atoms. The summed E-state index contributed by atoms with van der Waals surface area (Å²) in [5.41, 5.74) is 0. The summed E-state index contributed by atoms with van der Waals surface area (Å²) in [6.45, 7) is 3.98. The van der Waals surface area contributed by atoms with Gasteiger partial charge >= 0.3 is 0 Å². The molecule has 0 aromatic rings. The van der Waals surface area contributed by atoms with E-state index in [2.05, 4.69) is 5.32 Å². The minimum Gasteiger partial charge on any atom is -0.356 e. The Morgan fingerprint density at radius 3 is 1.93 bits per heavy atom. The minimum atomic E-state index is 0.0523. The highest BCUT2D eigenvalue weighted by Gasteiger charge is 1.95. The van der Waals surface area contributed by atoms with Crippen molar-refractivity contribution in [3.8, 4) is 0 Å². The number of ketones is 1. The number of carbonyl (C=O) groups excluding carboxylic acids is 2. The first-order valence-electron chi connectivity index (χ1n) is 5.87. The van der Waals surface area contributed by atoms with E-state index in [1.54, 1.807) is 13.8 Å². The lowest BCUT2D eigenvalue weighted by molar-refractivity contribution is -0.119. The van der Waals surface area contributed by atoms with E-state index in [-0.39, 0.29) is 5.91 Å². The van der Waals surface area contributed by atoms with Gasteiger partial charge in [-0.3, -0.25) is 4.79 Å². The number of hydrogen-bond acceptors (Lipinski definition) is 2. The van der Waals surface area contributed by atoms with E-state index in [0.717, 1.165) is 32.2 Å². The van der Waals surface area contributed by atoms with E-state index >= 15 is 0 Å². The molecule has 0 aromatic heterocycles. The fourth-order valence-corrected chi connectivity index (χ4v) is 1.47. The van der Waals surface area contributed by atoms with Crippen molar-refractivity contribution in [1.29, 1.82) is 0 Å². The van der Waals surface area contributed by atoms with Crippen molar-refractivity contribution in [2.75, 3.05) is 6.54 Å². The summed E-state index contributed by atoms with van der Waals surface area (Å²) in [5.74, 6) is 0.345. The van der Waals surface area contributed by atoms with Crippen LogP contribution in [0.5, 0.6) is 0 Å². The van der Waals surface area contributed by atoms with Crippen molar-refractivity contribution < 1.29 is 9.59 Å². The maximum absolute atomic E-state index is 10.6. The van der Waals surface area contributed by atoms with Crippen molar-refractivity contribution in [1.82, 2.24) is 5.32 Å². The number of unbranched alkanes of at least 4 members (excludes halogenated alkanes) is 5. The molecule has 0 atom stereocenters. The number of rotatable bonds is 9. The lowest BCUT2D eigenvalue weighted by atomic mass is 10.1. The summed E-state index contributed by atoms with van der Waals surface area (Å²) in [4.78, 5) is 21.2. The maximum atomic E-state index is 10.6. The molecule has 0 aliphatic rings. The minimum absolute atomic E-state index is 0.0523. The van der Waals surface area contributed by atoms with Crippen LogP contribution in [0.2, 0.25) is 0 Å². The lowest BCUT2D eigenvalue weighted by Crippen LogP contribution is -2.20. The lowest BCUT2D eigenvalue weighted by Gasteiger charge is -2.02. The standard InChI is InChI=1S/C12H23NO2/c1-11(14)9-7-5-3-4-6-8-10-13-12(2)15/h3-10H2,1-2H3,(H,13,15). The zero-order valence-electron chi connectivity index (χ0n) is 9.97. The van der Waals surface area contributed by atoms with Crippen molar-refractivity contribution in [3.05, 3.63) is 0 Å². The molecule has 0 heterocycles. The second-order valence-corrected chi connectivity index (χ2v) is 4.06. The third-order valence-corrected chi connectivity index (χ3v) is 2.33. The SMILES string of the molecule is CC(=O)CCCCCCCCNC(C)=O. The summed E-state index contributed by atoms with van der Waals surface area (Å²) in [5, 5.41) is 2.78. The van der Waals surface area contributed by atoms with E-state index in [4.69, 9.17) is 0 Å². The number of carbonyl (C=O) groups is 2. The molecule has 0 fully saturated rings. The van der Waals surface area contributed by atoms with E-state index in [9.17, 15) is 9.59 Å². The van der Waals surface area contributed by atoms with Gasteiger partial charge in [0, 0.05) is 19.9 Å². The van der Waals surface area contributed by atoms with Gasteiger partial charge in [-0.1, -0.05) is 25.7 Å². The van der Waals surface area contributed by atoms with Gasteiger partial charge in [0.05, 0.1) is 0 Å². The maximum Gasteiger partial charge on any atom is 0.216 e. The Morgan fingerprint density at radius 2 is 1.40 bits per heavy atom. The molecular weight excluding hydrogens is 190 g/mol. The largest absolute Gasteiger partial charge is 0.356 e. The van der Waals surface area contributed by atoms with Gasteiger partial charge in [0.15, 0.2) is 0 Å². The summed E-state index contributed by atoms with van der Waals surface area (Å²) in [6, 6.07) is 0. The second-order valence-electron chi connectivity index (χ2n) is 4.06. The molecule has 0 rings (SSSR count). The summed E-state index contributed by atoms with van der Waals surface area (Å²) >= 11 is 0. The number of amides is 1. The molecule has 0 spiro atoms. The van der Waals surface area contributed by atoms with Crippen molar-refractivity contribution in [3.63, 3.8) is 0 Å². The monoisotopic (exact) mass is 213 g/mol. The van der Waals surface area contributed by atoms with Crippen LogP contribution in [0, 0.1) is 0 Å². The van der Waals surface area contributed by atoms with E-state index < -0.39 is 0 Å². The smallest absolute Gasteiger partial charge is 0.216 e. The third-order valence-electron chi connectivity index (χ3n) is 2.33. The van der Waals surface area contributed by atoms with Gasteiger partial charge in [-0.25, -0.2) is 0 Å². The molecule has 0 aromatic carbocycles. The highest BCUT2D eigenvalue weighted by Crippen LogP contribution is 2.06. The first-order chi connectivity index (χ1) is 7.13. The normalized spacial score (nSPS) is 10.0. The van der Waals surface area contributed by atoms with Gasteiger partial charge < -0.3 is 10.1 Å². The Bertz CT molecular complexity index is 170. The Kier molecular flexibility index (Phi) is 9.13. The van der Waals surface area contributed by atoms with Crippen molar-refractivity contribution >= 4 is 11.7 Å². The van der Waals surface area contributed by atoms with Gasteiger partial charge in [-0.2, -0.15) is 0 Å².